The van der Waals surface area contributed by atoms with Crippen LogP contribution in [0.25, 0.3) is 0 Å². The van der Waals surface area contributed by atoms with Crippen LogP contribution in [0.3, 0.4) is 0 Å². The first-order chi connectivity index (χ1) is 9.47. The summed E-state index contributed by atoms with van der Waals surface area (Å²) in [4.78, 5) is 11.8. The molecule has 1 aromatic heterocycles. The zero-order valence-electron chi connectivity index (χ0n) is 11.1. The van der Waals surface area contributed by atoms with E-state index in [9.17, 15) is 4.79 Å². The Balaban J connectivity index is 1.92. The highest BCUT2D eigenvalue weighted by molar-refractivity contribution is 7.99. The molecule has 20 heavy (non-hydrogen) atoms. The number of benzene rings is 1. The second kappa shape index (κ2) is 6.15. The molecule has 0 unspecified atom stereocenters. The predicted octanol–water partition coefficient (Wildman–Crippen LogP) is 1.99. The zero-order chi connectivity index (χ0) is 14.7. The minimum atomic E-state index is -0.157. The molecule has 0 bridgehead atoms. The lowest BCUT2D eigenvalue weighted by Gasteiger charge is -2.06. The molecule has 0 aliphatic rings. The Bertz CT molecular complexity index is 643. The maximum Gasteiger partial charge on any atom is 0.234 e. The van der Waals surface area contributed by atoms with Gasteiger partial charge in [-0.1, -0.05) is 29.4 Å². The van der Waals surface area contributed by atoms with Crippen molar-refractivity contribution in [3.05, 3.63) is 34.6 Å². The molecule has 0 radical (unpaired) electrons. The molecule has 2 aromatic rings. The average Bonchev–Trinajstić information content (AvgIpc) is 2.72. The lowest BCUT2D eigenvalue weighted by atomic mass is 10.2. The molecular weight excluding hydrogens is 298 g/mol. The number of hydrogen-bond donors (Lipinski definition) is 2. The molecule has 0 atom stereocenters. The summed E-state index contributed by atoms with van der Waals surface area (Å²) in [7, 11) is 0. The van der Waals surface area contributed by atoms with Crippen LogP contribution in [0.4, 0.5) is 5.69 Å². The Kier molecular flexibility index (Phi) is 4.51. The fraction of sp³-hybridized carbons (Fsp3) is 0.250. The Morgan fingerprint density at radius 1 is 1.45 bits per heavy atom. The summed E-state index contributed by atoms with van der Waals surface area (Å²) in [5.41, 5.74) is 1.63. The van der Waals surface area contributed by atoms with E-state index in [-0.39, 0.29) is 11.7 Å². The number of halogens is 1. The van der Waals surface area contributed by atoms with Crippen LogP contribution in [0, 0.1) is 13.8 Å². The van der Waals surface area contributed by atoms with Gasteiger partial charge < -0.3 is 11.2 Å². The van der Waals surface area contributed by atoms with E-state index in [4.69, 9.17) is 17.4 Å². The molecule has 0 saturated carbocycles. The van der Waals surface area contributed by atoms with Gasteiger partial charge in [0.25, 0.3) is 0 Å². The summed E-state index contributed by atoms with van der Waals surface area (Å²) in [5.74, 6) is 6.33. The summed E-state index contributed by atoms with van der Waals surface area (Å²) in [5, 5.41) is 11.6. The Labute approximate surface area is 125 Å². The number of amides is 1. The third kappa shape index (κ3) is 3.43. The van der Waals surface area contributed by atoms with E-state index in [0.29, 0.717) is 21.7 Å². The van der Waals surface area contributed by atoms with Gasteiger partial charge in [-0.2, -0.15) is 0 Å². The summed E-state index contributed by atoms with van der Waals surface area (Å²) in [6.07, 6.45) is 0. The van der Waals surface area contributed by atoms with Crippen LogP contribution in [-0.2, 0) is 4.79 Å². The van der Waals surface area contributed by atoms with Crippen molar-refractivity contribution >= 4 is 35.0 Å². The second-order valence-electron chi connectivity index (χ2n) is 4.20. The van der Waals surface area contributed by atoms with Crippen molar-refractivity contribution < 1.29 is 4.79 Å². The standard InChI is InChI=1S/C12H14ClN5OS/c1-7-3-4-9(5-10(7)13)15-11(19)6-20-12-17-16-8(2)18(12)14/h3-5H,6,14H2,1-2H3,(H,15,19). The molecule has 0 aliphatic heterocycles. The Morgan fingerprint density at radius 2 is 2.20 bits per heavy atom. The molecule has 1 heterocycles. The monoisotopic (exact) mass is 311 g/mol. The fourth-order valence-corrected chi connectivity index (χ4v) is 2.33. The number of rotatable bonds is 4. The van der Waals surface area contributed by atoms with E-state index in [1.807, 2.05) is 13.0 Å². The van der Waals surface area contributed by atoms with Gasteiger partial charge in [0.2, 0.25) is 11.1 Å². The van der Waals surface area contributed by atoms with Gasteiger partial charge in [0, 0.05) is 10.7 Å². The maximum absolute atomic E-state index is 11.8. The van der Waals surface area contributed by atoms with Crippen molar-refractivity contribution in [1.82, 2.24) is 14.9 Å². The highest BCUT2D eigenvalue weighted by Gasteiger charge is 2.10. The van der Waals surface area contributed by atoms with Crippen molar-refractivity contribution in [3.63, 3.8) is 0 Å². The van der Waals surface area contributed by atoms with E-state index < -0.39 is 0 Å². The number of carbonyl (C=O) groups is 1. The van der Waals surface area contributed by atoms with E-state index in [0.717, 1.165) is 5.56 Å². The average molecular weight is 312 g/mol. The van der Waals surface area contributed by atoms with Crippen LogP contribution in [0.15, 0.2) is 23.4 Å². The summed E-state index contributed by atoms with van der Waals surface area (Å²) < 4.78 is 1.35. The van der Waals surface area contributed by atoms with E-state index in [1.54, 1.807) is 19.1 Å². The van der Waals surface area contributed by atoms with Gasteiger partial charge in [-0.15, -0.1) is 10.2 Å². The van der Waals surface area contributed by atoms with Crippen LogP contribution in [0.5, 0.6) is 0 Å². The lowest BCUT2D eigenvalue weighted by molar-refractivity contribution is -0.113. The summed E-state index contributed by atoms with van der Waals surface area (Å²) in [6, 6.07) is 5.37. The molecule has 2 rings (SSSR count). The molecule has 0 spiro atoms. The number of hydrogen-bond acceptors (Lipinski definition) is 5. The topological polar surface area (TPSA) is 85.8 Å². The zero-order valence-corrected chi connectivity index (χ0v) is 12.6. The normalized spacial score (nSPS) is 10.6. The largest absolute Gasteiger partial charge is 0.336 e. The molecule has 6 nitrogen and oxygen atoms in total. The Morgan fingerprint density at radius 3 is 2.80 bits per heavy atom. The van der Waals surface area contributed by atoms with Gasteiger partial charge in [0.1, 0.15) is 5.82 Å². The molecular formula is C12H14ClN5OS. The number of thioether (sulfide) groups is 1. The van der Waals surface area contributed by atoms with Gasteiger partial charge >= 0.3 is 0 Å². The van der Waals surface area contributed by atoms with Crippen molar-refractivity contribution in [2.24, 2.45) is 0 Å². The van der Waals surface area contributed by atoms with E-state index in [2.05, 4.69) is 15.5 Å². The van der Waals surface area contributed by atoms with E-state index >= 15 is 0 Å². The molecule has 8 heteroatoms. The summed E-state index contributed by atoms with van der Waals surface area (Å²) in [6.45, 7) is 3.64. The van der Waals surface area contributed by atoms with Gasteiger partial charge in [-0.05, 0) is 31.5 Å². The van der Waals surface area contributed by atoms with Crippen LogP contribution in [0.2, 0.25) is 5.02 Å². The third-order valence-corrected chi connectivity index (χ3v) is 3.97. The molecule has 0 fully saturated rings. The number of anilines is 1. The highest BCUT2D eigenvalue weighted by Crippen LogP contribution is 2.20. The number of nitrogens with two attached hydrogens (primary N) is 1. The molecule has 0 aliphatic carbocycles. The van der Waals surface area contributed by atoms with Gasteiger partial charge in [0.15, 0.2) is 0 Å². The SMILES string of the molecule is Cc1ccc(NC(=O)CSc2nnc(C)n2N)cc1Cl. The molecule has 1 amide bonds. The first-order valence-corrected chi connectivity index (χ1v) is 7.19. The van der Waals surface area contributed by atoms with Gasteiger partial charge in [-0.3, -0.25) is 4.79 Å². The minimum Gasteiger partial charge on any atom is -0.336 e. The number of nitrogens with one attached hydrogen (secondary N) is 1. The number of carbonyl (C=O) groups excluding carboxylic acids is 1. The van der Waals surface area contributed by atoms with Crippen molar-refractivity contribution in [3.8, 4) is 0 Å². The molecule has 0 saturated heterocycles. The third-order valence-electron chi connectivity index (χ3n) is 2.62. The van der Waals surface area contributed by atoms with Crippen LogP contribution >= 0.6 is 23.4 Å². The smallest absolute Gasteiger partial charge is 0.234 e. The highest BCUT2D eigenvalue weighted by atomic mass is 35.5. The van der Waals surface area contributed by atoms with Crippen LogP contribution < -0.4 is 11.2 Å². The first-order valence-electron chi connectivity index (χ1n) is 5.83. The quantitative estimate of drug-likeness (QED) is 0.666. The van der Waals surface area contributed by atoms with Gasteiger partial charge in [0.05, 0.1) is 5.75 Å². The predicted molar refractivity (Wildman–Crippen MR) is 80.5 cm³/mol. The molecule has 3 N–H and O–H groups in total. The molecule has 1 aromatic carbocycles. The van der Waals surface area contributed by atoms with Crippen LogP contribution in [0.1, 0.15) is 11.4 Å². The maximum atomic E-state index is 11.8. The minimum absolute atomic E-state index is 0.157. The van der Waals surface area contributed by atoms with Crippen molar-refractivity contribution in [2.75, 3.05) is 16.9 Å². The Hall–Kier alpha value is -1.73. The second-order valence-corrected chi connectivity index (χ2v) is 5.55. The first kappa shape index (κ1) is 14.7. The van der Waals surface area contributed by atoms with Crippen molar-refractivity contribution in [2.45, 2.75) is 19.0 Å². The van der Waals surface area contributed by atoms with Crippen LogP contribution in [-0.4, -0.2) is 26.5 Å². The van der Waals surface area contributed by atoms with E-state index in [1.165, 1.54) is 16.4 Å². The summed E-state index contributed by atoms with van der Waals surface area (Å²) >= 11 is 7.22. The van der Waals surface area contributed by atoms with Gasteiger partial charge in [-0.25, -0.2) is 4.68 Å². The number of nitrogens with zero attached hydrogens (tertiary/aromatic N) is 3. The van der Waals surface area contributed by atoms with Crippen molar-refractivity contribution in [1.29, 1.82) is 0 Å². The number of aryl methyl sites for hydroxylation is 2. The fourth-order valence-electron chi connectivity index (χ4n) is 1.45. The number of aromatic nitrogens is 3. The molecule has 106 valence electrons. The number of nitrogen functional groups attached to an aromatic ring is 1. The lowest BCUT2D eigenvalue weighted by Crippen LogP contribution is -2.16.